The summed E-state index contributed by atoms with van der Waals surface area (Å²) in [6, 6.07) is 4.53. The van der Waals surface area contributed by atoms with E-state index < -0.39 is 0 Å². The number of anilines is 2. The lowest BCUT2D eigenvalue weighted by Gasteiger charge is -2.33. The highest BCUT2D eigenvalue weighted by Gasteiger charge is 2.22. The molecular weight excluding hydrogens is 481 g/mol. The molecule has 7 nitrogen and oxygen atoms in total. The number of methoxy groups -OCH3 is 1. The van der Waals surface area contributed by atoms with Crippen molar-refractivity contribution >= 4 is 45.3 Å². The zero-order chi connectivity index (χ0) is 20.2. The standard InChI is InChI=1S/C21H30IN5O2/c1-29-19-13-16-18(14-17(19)22)24-21(27-7-3-2-4-8-27)25-20(16)23-15-5-9-26(10-6-15)11-12-28/h13-15,28H,2-12H2,1H3,(H,23,24,25). The fourth-order valence-electron chi connectivity index (χ4n) is 4.26. The molecule has 1 aromatic heterocycles. The maximum Gasteiger partial charge on any atom is 0.227 e. The lowest BCUT2D eigenvalue weighted by Crippen LogP contribution is -2.40. The van der Waals surface area contributed by atoms with Gasteiger partial charge < -0.3 is 25.0 Å². The van der Waals surface area contributed by atoms with Crippen LogP contribution in [-0.2, 0) is 0 Å². The second-order valence-electron chi connectivity index (χ2n) is 7.91. The summed E-state index contributed by atoms with van der Waals surface area (Å²) in [7, 11) is 1.70. The van der Waals surface area contributed by atoms with E-state index in [2.05, 4.69) is 49.8 Å². The van der Waals surface area contributed by atoms with Crippen LogP contribution >= 0.6 is 22.6 Å². The molecule has 3 heterocycles. The molecule has 0 spiro atoms. The number of fused-ring (bicyclic) bond motifs is 1. The zero-order valence-corrected chi connectivity index (χ0v) is 19.2. The Bertz CT molecular complexity index is 835. The molecule has 0 unspecified atom stereocenters. The van der Waals surface area contributed by atoms with E-state index in [4.69, 9.17) is 14.7 Å². The summed E-state index contributed by atoms with van der Waals surface area (Å²) in [5.74, 6) is 2.59. The van der Waals surface area contributed by atoms with E-state index in [-0.39, 0.29) is 6.61 Å². The molecule has 0 amide bonds. The summed E-state index contributed by atoms with van der Waals surface area (Å²) in [6.07, 6.45) is 5.79. The van der Waals surface area contributed by atoms with Gasteiger partial charge in [-0.1, -0.05) is 0 Å². The average molecular weight is 511 g/mol. The lowest BCUT2D eigenvalue weighted by atomic mass is 10.0. The quantitative estimate of drug-likeness (QED) is 0.578. The normalized spacial score (nSPS) is 18.9. The number of hydrogen-bond donors (Lipinski definition) is 2. The van der Waals surface area contributed by atoms with E-state index >= 15 is 0 Å². The smallest absolute Gasteiger partial charge is 0.227 e. The van der Waals surface area contributed by atoms with Gasteiger partial charge in [-0.2, -0.15) is 4.98 Å². The van der Waals surface area contributed by atoms with E-state index in [1.165, 1.54) is 19.3 Å². The first-order valence-electron chi connectivity index (χ1n) is 10.6. The summed E-state index contributed by atoms with van der Waals surface area (Å²) >= 11 is 2.31. The Morgan fingerprint density at radius 1 is 1.14 bits per heavy atom. The molecule has 4 rings (SSSR count). The Morgan fingerprint density at radius 2 is 1.90 bits per heavy atom. The molecular formula is C21H30IN5O2. The Labute approximate surface area is 186 Å². The number of aliphatic hydroxyl groups is 1. The number of rotatable bonds is 6. The first-order valence-corrected chi connectivity index (χ1v) is 11.7. The van der Waals surface area contributed by atoms with Crippen molar-refractivity contribution in [2.24, 2.45) is 0 Å². The molecule has 158 valence electrons. The van der Waals surface area contributed by atoms with Crippen molar-refractivity contribution in [3.8, 4) is 5.75 Å². The van der Waals surface area contributed by atoms with Crippen molar-refractivity contribution in [1.29, 1.82) is 0 Å². The Kier molecular flexibility index (Phi) is 6.92. The van der Waals surface area contributed by atoms with Gasteiger partial charge in [-0.05, 0) is 66.8 Å². The van der Waals surface area contributed by atoms with Crippen LogP contribution in [0.4, 0.5) is 11.8 Å². The summed E-state index contributed by atoms with van der Waals surface area (Å²) in [5.41, 5.74) is 0.964. The largest absolute Gasteiger partial charge is 0.496 e. The number of nitrogens with one attached hydrogen (secondary N) is 1. The summed E-state index contributed by atoms with van der Waals surface area (Å²) in [6.45, 7) is 5.04. The molecule has 0 radical (unpaired) electrons. The molecule has 2 N–H and O–H groups in total. The monoisotopic (exact) mass is 511 g/mol. The third-order valence-corrected chi connectivity index (χ3v) is 6.78. The molecule has 8 heteroatoms. The van der Waals surface area contributed by atoms with Crippen molar-refractivity contribution in [1.82, 2.24) is 14.9 Å². The predicted molar refractivity (Wildman–Crippen MR) is 125 cm³/mol. The number of hydrogen-bond acceptors (Lipinski definition) is 7. The van der Waals surface area contributed by atoms with Crippen molar-refractivity contribution in [3.63, 3.8) is 0 Å². The second kappa shape index (κ2) is 9.61. The number of halogens is 1. The number of ether oxygens (including phenoxy) is 1. The van der Waals surface area contributed by atoms with Gasteiger partial charge in [0.25, 0.3) is 0 Å². The minimum absolute atomic E-state index is 0.228. The fraction of sp³-hybridized carbons (Fsp3) is 0.619. The van der Waals surface area contributed by atoms with E-state index in [1.807, 2.05) is 0 Å². The number of β-amino-alcohol motifs (C(OH)–C–C–N with tert-alkyl or cyclic N) is 1. The maximum absolute atomic E-state index is 9.17. The number of piperidine rings is 2. The van der Waals surface area contributed by atoms with Gasteiger partial charge in [0.15, 0.2) is 0 Å². The van der Waals surface area contributed by atoms with Crippen LogP contribution in [0.1, 0.15) is 32.1 Å². The van der Waals surface area contributed by atoms with E-state index in [9.17, 15) is 5.11 Å². The highest BCUT2D eigenvalue weighted by molar-refractivity contribution is 14.1. The average Bonchev–Trinajstić information content (AvgIpc) is 2.75. The SMILES string of the molecule is COc1cc2c(NC3CCN(CCO)CC3)nc(N3CCCCC3)nc2cc1I. The first kappa shape index (κ1) is 20.9. The van der Waals surface area contributed by atoms with Crippen LogP contribution in [0, 0.1) is 3.57 Å². The highest BCUT2D eigenvalue weighted by atomic mass is 127. The molecule has 0 bridgehead atoms. The van der Waals surface area contributed by atoms with Gasteiger partial charge >= 0.3 is 0 Å². The van der Waals surface area contributed by atoms with E-state index in [0.29, 0.717) is 6.04 Å². The van der Waals surface area contributed by atoms with Crippen LogP contribution in [-0.4, -0.2) is 72.5 Å². The van der Waals surface area contributed by atoms with Gasteiger partial charge in [0.2, 0.25) is 5.95 Å². The second-order valence-corrected chi connectivity index (χ2v) is 9.07. The number of nitrogens with zero attached hydrogens (tertiary/aromatic N) is 4. The summed E-state index contributed by atoms with van der Waals surface area (Å²) in [5, 5.41) is 13.9. The van der Waals surface area contributed by atoms with Crippen LogP contribution in [0.3, 0.4) is 0 Å². The van der Waals surface area contributed by atoms with Crippen molar-refractivity contribution < 1.29 is 9.84 Å². The van der Waals surface area contributed by atoms with Crippen LogP contribution in [0.25, 0.3) is 10.9 Å². The van der Waals surface area contributed by atoms with Gasteiger partial charge in [-0.25, -0.2) is 4.98 Å². The van der Waals surface area contributed by atoms with Crippen molar-refractivity contribution in [2.75, 3.05) is 56.7 Å². The summed E-state index contributed by atoms with van der Waals surface area (Å²) < 4.78 is 6.61. The number of likely N-dealkylation sites (tertiary alicyclic amines) is 1. The van der Waals surface area contributed by atoms with Gasteiger partial charge in [-0.15, -0.1) is 0 Å². The molecule has 2 aromatic rings. The van der Waals surface area contributed by atoms with Gasteiger partial charge in [0, 0.05) is 44.2 Å². The molecule has 29 heavy (non-hydrogen) atoms. The predicted octanol–water partition coefficient (Wildman–Crippen LogP) is 3.10. The van der Waals surface area contributed by atoms with Gasteiger partial charge in [0.1, 0.15) is 11.6 Å². The minimum atomic E-state index is 0.228. The Balaban J connectivity index is 1.64. The van der Waals surface area contributed by atoms with Crippen LogP contribution in [0.5, 0.6) is 5.75 Å². The lowest BCUT2D eigenvalue weighted by molar-refractivity contribution is 0.168. The van der Waals surface area contributed by atoms with E-state index in [0.717, 1.165) is 77.6 Å². The molecule has 0 aliphatic carbocycles. The highest BCUT2D eigenvalue weighted by Crippen LogP contribution is 2.32. The molecule has 2 saturated heterocycles. The van der Waals surface area contributed by atoms with Gasteiger partial charge in [-0.3, -0.25) is 0 Å². The molecule has 1 aromatic carbocycles. The maximum atomic E-state index is 9.17. The van der Waals surface area contributed by atoms with Crippen LogP contribution < -0.4 is 15.0 Å². The van der Waals surface area contributed by atoms with Gasteiger partial charge in [0.05, 0.1) is 22.8 Å². The molecule has 2 aliphatic heterocycles. The summed E-state index contributed by atoms with van der Waals surface area (Å²) in [4.78, 5) is 14.5. The topological polar surface area (TPSA) is 73.8 Å². The van der Waals surface area contributed by atoms with E-state index in [1.54, 1.807) is 7.11 Å². The Morgan fingerprint density at radius 3 is 2.59 bits per heavy atom. The van der Waals surface area contributed by atoms with Crippen molar-refractivity contribution in [2.45, 2.75) is 38.1 Å². The van der Waals surface area contributed by atoms with Crippen LogP contribution in [0.15, 0.2) is 12.1 Å². The molecule has 2 fully saturated rings. The van der Waals surface area contributed by atoms with Crippen LogP contribution in [0.2, 0.25) is 0 Å². The number of aromatic nitrogens is 2. The Hall–Kier alpha value is -1.39. The number of aliphatic hydroxyl groups excluding tert-OH is 1. The first-order chi connectivity index (χ1) is 14.2. The van der Waals surface area contributed by atoms with Crippen molar-refractivity contribution in [3.05, 3.63) is 15.7 Å². The zero-order valence-electron chi connectivity index (χ0n) is 17.0. The molecule has 0 saturated carbocycles. The third kappa shape index (κ3) is 4.86. The fourth-order valence-corrected chi connectivity index (χ4v) is 4.93. The minimum Gasteiger partial charge on any atom is -0.496 e. The molecule has 2 aliphatic rings. The molecule has 0 atom stereocenters. The third-order valence-electron chi connectivity index (χ3n) is 5.94. The number of benzene rings is 1.